The second-order valence-corrected chi connectivity index (χ2v) is 5.71. The highest BCUT2D eigenvalue weighted by molar-refractivity contribution is 6.02. The van der Waals surface area contributed by atoms with Crippen molar-refractivity contribution in [2.45, 2.75) is 39.8 Å². The lowest BCUT2D eigenvalue weighted by Crippen LogP contribution is -2.37. The van der Waals surface area contributed by atoms with Crippen LogP contribution in [0.5, 0.6) is 0 Å². The standard InChI is InChI=1S/C16H18F3NO5/c1-4-25-14(22)15(3,10(2)21)8-7-11-5-6-12(20(23)24)9-13(11)16(17,18)19/h5-6,9H,4,7-8H2,1-3H3/t15-/m1/s1. The number of alkyl halides is 3. The fraction of sp³-hybridized carbons (Fsp3) is 0.500. The van der Waals surface area contributed by atoms with Crippen molar-refractivity contribution in [3.8, 4) is 0 Å². The van der Waals surface area contributed by atoms with Crippen LogP contribution in [-0.2, 0) is 26.9 Å². The molecule has 0 amide bonds. The number of nitro benzene ring substituents is 1. The van der Waals surface area contributed by atoms with Gasteiger partial charge in [-0.3, -0.25) is 19.7 Å². The monoisotopic (exact) mass is 361 g/mol. The number of hydrogen-bond donors (Lipinski definition) is 0. The average molecular weight is 361 g/mol. The van der Waals surface area contributed by atoms with Crippen LogP contribution in [0.4, 0.5) is 18.9 Å². The van der Waals surface area contributed by atoms with E-state index in [4.69, 9.17) is 4.74 Å². The lowest BCUT2D eigenvalue weighted by Gasteiger charge is -2.25. The Kier molecular flexibility index (Phi) is 6.28. The van der Waals surface area contributed by atoms with Crippen molar-refractivity contribution in [2.75, 3.05) is 6.61 Å². The number of ketones is 1. The second kappa shape index (κ2) is 7.62. The van der Waals surface area contributed by atoms with Crippen LogP contribution in [0.2, 0.25) is 0 Å². The summed E-state index contributed by atoms with van der Waals surface area (Å²) in [6.45, 7) is 4.06. The molecule has 1 aromatic rings. The quantitative estimate of drug-likeness (QED) is 0.320. The number of hydrogen-bond acceptors (Lipinski definition) is 5. The van der Waals surface area contributed by atoms with Gasteiger partial charge in [-0.15, -0.1) is 0 Å². The van der Waals surface area contributed by atoms with E-state index >= 15 is 0 Å². The molecule has 0 aliphatic carbocycles. The Morgan fingerprint density at radius 2 is 1.88 bits per heavy atom. The summed E-state index contributed by atoms with van der Waals surface area (Å²) in [6.07, 6.45) is -5.26. The summed E-state index contributed by atoms with van der Waals surface area (Å²) in [6, 6.07) is 2.40. The molecule has 0 bridgehead atoms. The smallest absolute Gasteiger partial charge is 0.416 e. The van der Waals surface area contributed by atoms with Crippen LogP contribution in [0, 0.1) is 15.5 Å². The Hall–Kier alpha value is -2.45. The molecule has 0 saturated heterocycles. The summed E-state index contributed by atoms with van der Waals surface area (Å²) in [4.78, 5) is 33.6. The van der Waals surface area contributed by atoms with Crippen LogP contribution < -0.4 is 0 Å². The van der Waals surface area contributed by atoms with Gasteiger partial charge in [-0.05, 0) is 39.2 Å². The third kappa shape index (κ3) is 4.77. The number of ether oxygens (including phenoxy) is 1. The highest BCUT2D eigenvalue weighted by Crippen LogP contribution is 2.36. The molecular formula is C16H18F3NO5. The van der Waals surface area contributed by atoms with Gasteiger partial charge in [0.2, 0.25) is 0 Å². The van der Waals surface area contributed by atoms with Crippen LogP contribution in [0.25, 0.3) is 0 Å². The Labute approximate surface area is 142 Å². The zero-order valence-electron chi connectivity index (χ0n) is 14.0. The van der Waals surface area contributed by atoms with Gasteiger partial charge in [0.25, 0.3) is 5.69 Å². The summed E-state index contributed by atoms with van der Waals surface area (Å²) in [7, 11) is 0. The molecule has 0 N–H and O–H groups in total. The minimum Gasteiger partial charge on any atom is -0.465 e. The van der Waals surface area contributed by atoms with Crippen LogP contribution >= 0.6 is 0 Å². The molecule has 138 valence electrons. The van der Waals surface area contributed by atoms with Crippen molar-refractivity contribution >= 4 is 17.4 Å². The predicted octanol–water partition coefficient (Wildman–Crippen LogP) is 3.70. The summed E-state index contributed by atoms with van der Waals surface area (Å²) in [5, 5.41) is 10.7. The first-order valence-corrected chi connectivity index (χ1v) is 7.46. The fourth-order valence-corrected chi connectivity index (χ4v) is 2.26. The topological polar surface area (TPSA) is 86.5 Å². The number of rotatable bonds is 7. The number of halogens is 3. The van der Waals surface area contributed by atoms with E-state index in [9.17, 15) is 32.9 Å². The SMILES string of the molecule is CCOC(=O)[C@](C)(CCc1ccc([N+](=O)[O-])cc1C(F)(F)F)C(C)=O. The summed E-state index contributed by atoms with van der Waals surface area (Å²) >= 11 is 0. The molecule has 0 radical (unpaired) electrons. The number of carbonyl (C=O) groups excluding carboxylic acids is 2. The zero-order chi connectivity index (χ0) is 19.4. The number of Topliss-reactive ketones (excluding diaryl/α,β-unsaturated/α-hetero) is 1. The van der Waals surface area contributed by atoms with E-state index in [0.717, 1.165) is 19.1 Å². The van der Waals surface area contributed by atoms with E-state index in [0.29, 0.717) is 6.07 Å². The van der Waals surface area contributed by atoms with Crippen LogP contribution in [0.1, 0.15) is 38.3 Å². The van der Waals surface area contributed by atoms with E-state index in [1.807, 2.05) is 0 Å². The van der Waals surface area contributed by atoms with Crippen LogP contribution in [-0.4, -0.2) is 23.3 Å². The van der Waals surface area contributed by atoms with Gasteiger partial charge < -0.3 is 4.74 Å². The Morgan fingerprint density at radius 1 is 1.28 bits per heavy atom. The molecule has 6 nitrogen and oxygen atoms in total. The lowest BCUT2D eigenvalue weighted by molar-refractivity contribution is -0.385. The number of non-ortho nitro benzene ring substituents is 1. The summed E-state index contributed by atoms with van der Waals surface area (Å²) in [5.41, 5.74) is -3.65. The van der Waals surface area contributed by atoms with Crippen molar-refractivity contribution in [2.24, 2.45) is 5.41 Å². The van der Waals surface area contributed by atoms with Gasteiger partial charge >= 0.3 is 12.1 Å². The second-order valence-electron chi connectivity index (χ2n) is 5.71. The van der Waals surface area contributed by atoms with Gasteiger partial charge in [-0.2, -0.15) is 13.2 Å². The minimum absolute atomic E-state index is 0.0348. The third-order valence-electron chi connectivity index (χ3n) is 4.01. The normalized spacial score (nSPS) is 13.8. The number of carbonyl (C=O) groups is 2. The molecule has 1 rings (SSSR count). The van der Waals surface area contributed by atoms with Gasteiger partial charge in [-0.25, -0.2) is 0 Å². The van der Waals surface area contributed by atoms with Gasteiger partial charge in [0.15, 0.2) is 0 Å². The highest BCUT2D eigenvalue weighted by atomic mass is 19.4. The molecule has 25 heavy (non-hydrogen) atoms. The fourth-order valence-electron chi connectivity index (χ4n) is 2.26. The van der Waals surface area contributed by atoms with E-state index < -0.39 is 39.5 Å². The number of nitrogens with zero attached hydrogens (tertiary/aromatic N) is 1. The maximum absolute atomic E-state index is 13.2. The minimum atomic E-state index is -4.79. The first kappa shape index (κ1) is 20.6. The lowest BCUT2D eigenvalue weighted by atomic mass is 9.80. The summed E-state index contributed by atoms with van der Waals surface area (Å²) in [5.74, 6) is -1.33. The van der Waals surface area contributed by atoms with Gasteiger partial charge in [-0.1, -0.05) is 6.07 Å². The Balaban J connectivity index is 3.19. The number of aryl methyl sites for hydroxylation is 1. The number of esters is 1. The Bertz CT molecular complexity index is 687. The molecule has 0 spiro atoms. The Morgan fingerprint density at radius 3 is 2.32 bits per heavy atom. The molecule has 0 heterocycles. The molecule has 0 unspecified atom stereocenters. The highest BCUT2D eigenvalue weighted by Gasteiger charge is 2.41. The largest absolute Gasteiger partial charge is 0.465 e. The maximum atomic E-state index is 13.2. The van der Waals surface area contributed by atoms with E-state index in [1.165, 1.54) is 6.92 Å². The van der Waals surface area contributed by atoms with Crippen LogP contribution in [0.3, 0.4) is 0 Å². The van der Waals surface area contributed by atoms with Gasteiger partial charge in [0.05, 0.1) is 17.1 Å². The number of benzene rings is 1. The van der Waals surface area contributed by atoms with Gasteiger partial charge in [0.1, 0.15) is 11.2 Å². The zero-order valence-corrected chi connectivity index (χ0v) is 14.0. The van der Waals surface area contributed by atoms with Crippen LogP contribution in [0.15, 0.2) is 18.2 Å². The van der Waals surface area contributed by atoms with Crippen molar-refractivity contribution < 1.29 is 32.4 Å². The predicted molar refractivity (Wildman–Crippen MR) is 81.8 cm³/mol. The molecule has 0 saturated carbocycles. The molecule has 0 fully saturated rings. The first-order valence-electron chi connectivity index (χ1n) is 7.46. The molecule has 9 heteroatoms. The molecule has 1 aromatic carbocycles. The first-order chi connectivity index (χ1) is 11.4. The van der Waals surface area contributed by atoms with E-state index in [1.54, 1.807) is 6.92 Å². The maximum Gasteiger partial charge on any atom is 0.416 e. The number of nitro groups is 1. The van der Waals surface area contributed by atoms with Crippen molar-refractivity contribution in [3.05, 3.63) is 39.4 Å². The average Bonchev–Trinajstić information content (AvgIpc) is 2.51. The third-order valence-corrected chi connectivity index (χ3v) is 4.01. The van der Waals surface area contributed by atoms with Crippen molar-refractivity contribution in [1.29, 1.82) is 0 Å². The van der Waals surface area contributed by atoms with Gasteiger partial charge in [0, 0.05) is 12.1 Å². The van der Waals surface area contributed by atoms with Crippen molar-refractivity contribution in [1.82, 2.24) is 0 Å². The molecule has 0 aromatic heterocycles. The molecular weight excluding hydrogens is 343 g/mol. The molecule has 1 atom stereocenters. The van der Waals surface area contributed by atoms with Crippen molar-refractivity contribution in [3.63, 3.8) is 0 Å². The molecule has 0 aliphatic heterocycles. The summed E-state index contributed by atoms with van der Waals surface area (Å²) < 4.78 is 44.3. The van der Waals surface area contributed by atoms with E-state index in [-0.39, 0.29) is 25.0 Å². The molecule has 0 aliphatic rings. The van der Waals surface area contributed by atoms with E-state index in [2.05, 4.69) is 0 Å².